The summed E-state index contributed by atoms with van der Waals surface area (Å²) in [5.41, 5.74) is 0.462. The highest BCUT2D eigenvalue weighted by Crippen LogP contribution is 2.25. The summed E-state index contributed by atoms with van der Waals surface area (Å²) in [5.74, 6) is -0.602. The monoisotopic (exact) mass is 373 g/mol. The first-order valence-corrected chi connectivity index (χ1v) is 8.11. The van der Waals surface area contributed by atoms with Gasteiger partial charge in [0.1, 0.15) is 0 Å². The van der Waals surface area contributed by atoms with Crippen LogP contribution in [-0.2, 0) is 9.53 Å². The van der Waals surface area contributed by atoms with Crippen molar-refractivity contribution in [2.45, 2.75) is 19.8 Å². The van der Waals surface area contributed by atoms with Crippen LogP contribution in [0.5, 0.6) is 0 Å². The number of hydrogen-bond donors (Lipinski definition) is 0. The van der Waals surface area contributed by atoms with Crippen LogP contribution in [0.2, 0.25) is 5.02 Å². The molecule has 1 atom stereocenters. The number of halogens is 2. The van der Waals surface area contributed by atoms with Crippen molar-refractivity contribution in [2.75, 3.05) is 19.7 Å². The van der Waals surface area contributed by atoms with Crippen LogP contribution in [0, 0.1) is 5.92 Å². The lowest BCUT2D eigenvalue weighted by atomic mass is 9.97. The number of hydrogen-bond acceptors (Lipinski definition) is 3. The Morgan fingerprint density at radius 2 is 2.24 bits per heavy atom. The van der Waals surface area contributed by atoms with E-state index in [2.05, 4.69) is 15.9 Å². The first-order valence-electron chi connectivity index (χ1n) is 6.94. The molecule has 1 saturated heterocycles. The van der Waals surface area contributed by atoms with Crippen LogP contribution < -0.4 is 0 Å². The molecule has 1 heterocycles. The normalized spacial score (nSPS) is 18.4. The van der Waals surface area contributed by atoms with Gasteiger partial charge in [-0.05, 0) is 38.0 Å². The molecule has 1 aliphatic heterocycles. The van der Waals surface area contributed by atoms with E-state index in [1.54, 1.807) is 30.0 Å². The van der Waals surface area contributed by atoms with Gasteiger partial charge in [-0.15, -0.1) is 0 Å². The van der Waals surface area contributed by atoms with Crippen LogP contribution in [0.1, 0.15) is 30.1 Å². The van der Waals surface area contributed by atoms with E-state index in [1.165, 1.54) is 0 Å². The summed E-state index contributed by atoms with van der Waals surface area (Å²) in [4.78, 5) is 26.0. The summed E-state index contributed by atoms with van der Waals surface area (Å²) < 4.78 is 5.87. The number of rotatable bonds is 3. The molecular formula is C15H17BrClNO3. The standard InChI is InChI=1S/C15H17BrClNO3/c1-2-21-15(20)10-4-3-7-18(9-10)14(19)12-6-5-11(16)8-13(12)17/h5-6,8,10H,2-4,7,9H2,1H3. The second-order valence-electron chi connectivity index (χ2n) is 4.97. The predicted molar refractivity (Wildman–Crippen MR) is 84.4 cm³/mol. The van der Waals surface area contributed by atoms with Crippen molar-refractivity contribution in [3.63, 3.8) is 0 Å². The lowest BCUT2D eigenvalue weighted by Gasteiger charge is -2.31. The van der Waals surface area contributed by atoms with Crippen molar-refractivity contribution in [1.82, 2.24) is 4.90 Å². The van der Waals surface area contributed by atoms with Gasteiger partial charge in [-0.1, -0.05) is 27.5 Å². The number of piperidine rings is 1. The van der Waals surface area contributed by atoms with Crippen molar-refractivity contribution in [3.05, 3.63) is 33.3 Å². The van der Waals surface area contributed by atoms with Gasteiger partial charge in [-0.2, -0.15) is 0 Å². The molecule has 0 aromatic heterocycles. The van der Waals surface area contributed by atoms with Gasteiger partial charge in [-0.3, -0.25) is 9.59 Å². The molecule has 1 aliphatic rings. The van der Waals surface area contributed by atoms with E-state index in [1.807, 2.05) is 0 Å². The maximum atomic E-state index is 12.5. The molecule has 1 amide bonds. The molecule has 1 aromatic carbocycles. The molecule has 21 heavy (non-hydrogen) atoms. The Labute approximate surface area is 137 Å². The summed E-state index contributed by atoms with van der Waals surface area (Å²) in [6.07, 6.45) is 1.56. The zero-order valence-electron chi connectivity index (χ0n) is 11.8. The summed E-state index contributed by atoms with van der Waals surface area (Å²) >= 11 is 9.44. The van der Waals surface area contributed by atoms with Gasteiger partial charge in [-0.25, -0.2) is 0 Å². The molecule has 0 aliphatic carbocycles. The topological polar surface area (TPSA) is 46.6 Å². The maximum Gasteiger partial charge on any atom is 0.310 e. The van der Waals surface area contributed by atoms with E-state index >= 15 is 0 Å². The van der Waals surface area contributed by atoms with Crippen LogP contribution in [0.3, 0.4) is 0 Å². The van der Waals surface area contributed by atoms with Gasteiger partial charge in [0.05, 0.1) is 23.1 Å². The molecule has 4 nitrogen and oxygen atoms in total. The number of ether oxygens (including phenoxy) is 1. The highest BCUT2D eigenvalue weighted by molar-refractivity contribution is 9.10. The average molecular weight is 375 g/mol. The summed E-state index contributed by atoms with van der Waals surface area (Å²) in [6.45, 7) is 3.18. The number of carbonyl (C=O) groups is 2. The van der Waals surface area contributed by atoms with Crippen molar-refractivity contribution in [1.29, 1.82) is 0 Å². The number of carbonyl (C=O) groups excluding carboxylic acids is 2. The Morgan fingerprint density at radius 1 is 1.48 bits per heavy atom. The molecule has 0 radical (unpaired) electrons. The second kappa shape index (κ2) is 7.27. The minimum Gasteiger partial charge on any atom is -0.466 e. The Balaban J connectivity index is 2.10. The smallest absolute Gasteiger partial charge is 0.310 e. The van der Waals surface area contributed by atoms with E-state index in [-0.39, 0.29) is 17.8 Å². The zero-order valence-corrected chi connectivity index (χ0v) is 14.1. The lowest BCUT2D eigenvalue weighted by Crippen LogP contribution is -2.42. The Bertz CT molecular complexity index is 550. The molecule has 2 rings (SSSR count). The Kier molecular flexibility index (Phi) is 5.65. The molecule has 1 aromatic rings. The molecule has 0 bridgehead atoms. The van der Waals surface area contributed by atoms with E-state index < -0.39 is 0 Å². The predicted octanol–water partition coefficient (Wildman–Crippen LogP) is 3.52. The van der Waals surface area contributed by atoms with Gasteiger partial charge in [0, 0.05) is 17.6 Å². The first-order chi connectivity index (χ1) is 10.0. The highest BCUT2D eigenvalue weighted by atomic mass is 79.9. The van der Waals surface area contributed by atoms with E-state index in [9.17, 15) is 9.59 Å². The maximum absolute atomic E-state index is 12.5. The minimum atomic E-state index is -0.239. The second-order valence-corrected chi connectivity index (χ2v) is 6.29. The van der Waals surface area contributed by atoms with Gasteiger partial charge >= 0.3 is 5.97 Å². The molecule has 114 valence electrons. The van der Waals surface area contributed by atoms with E-state index in [0.29, 0.717) is 30.3 Å². The zero-order chi connectivity index (χ0) is 15.4. The first kappa shape index (κ1) is 16.3. The van der Waals surface area contributed by atoms with Crippen molar-refractivity contribution in [3.8, 4) is 0 Å². The number of nitrogens with zero attached hydrogens (tertiary/aromatic N) is 1. The molecule has 0 N–H and O–H groups in total. The minimum absolute atomic E-state index is 0.138. The third kappa shape index (κ3) is 3.98. The van der Waals surface area contributed by atoms with Gasteiger partial charge < -0.3 is 9.64 Å². The molecular weight excluding hydrogens is 358 g/mol. The fraction of sp³-hybridized carbons (Fsp3) is 0.467. The van der Waals surface area contributed by atoms with Crippen molar-refractivity contribution in [2.24, 2.45) is 5.92 Å². The Hall–Kier alpha value is -1.07. The largest absolute Gasteiger partial charge is 0.466 e. The van der Waals surface area contributed by atoms with Gasteiger partial charge in [0.25, 0.3) is 5.91 Å². The van der Waals surface area contributed by atoms with Crippen molar-refractivity contribution >= 4 is 39.4 Å². The third-order valence-electron chi connectivity index (χ3n) is 3.49. The summed E-state index contributed by atoms with van der Waals surface area (Å²) in [7, 11) is 0. The molecule has 1 unspecified atom stereocenters. The van der Waals surface area contributed by atoms with E-state index in [4.69, 9.17) is 16.3 Å². The van der Waals surface area contributed by atoms with E-state index in [0.717, 1.165) is 17.3 Å². The highest BCUT2D eigenvalue weighted by Gasteiger charge is 2.30. The molecule has 0 spiro atoms. The summed E-state index contributed by atoms with van der Waals surface area (Å²) in [6, 6.07) is 5.18. The number of amides is 1. The Morgan fingerprint density at radius 3 is 2.90 bits per heavy atom. The van der Waals surface area contributed by atoms with Gasteiger partial charge in [0.15, 0.2) is 0 Å². The van der Waals surface area contributed by atoms with Crippen LogP contribution in [0.25, 0.3) is 0 Å². The molecule has 0 saturated carbocycles. The lowest BCUT2D eigenvalue weighted by molar-refractivity contribution is -0.149. The number of likely N-dealkylation sites (tertiary alicyclic amines) is 1. The quantitative estimate of drug-likeness (QED) is 0.761. The summed E-state index contributed by atoms with van der Waals surface area (Å²) in [5, 5.41) is 0.410. The van der Waals surface area contributed by atoms with Gasteiger partial charge in [0.2, 0.25) is 0 Å². The average Bonchev–Trinajstić information content (AvgIpc) is 2.47. The van der Waals surface area contributed by atoms with Crippen LogP contribution in [0.15, 0.2) is 22.7 Å². The molecule has 6 heteroatoms. The number of benzene rings is 1. The third-order valence-corrected chi connectivity index (χ3v) is 4.30. The van der Waals surface area contributed by atoms with Crippen LogP contribution in [-0.4, -0.2) is 36.5 Å². The van der Waals surface area contributed by atoms with Crippen molar-refractivity contribution < 1.29 is 14.3 Å². The number of esters is 1. The fourth-order valence-electron chi connectivity index (χ4n) is 2.45. The van der Waals surface area contributed by atoms with Crippen LogP contribution >= 0.6 is 27.5 Å². The van der Waals surface area contributed by atoms with Crippen LogP contribution in [0.4, 0.5) is 0 Å². The SMILES string of the molecule is CCOC(=O)C1CCCN(C(=O)c2ccc(Br)cc2Cl)C1. The fourth-order valence-corrected chi connectivity index (χ4v) is 3.20. The molecule has 1 fully saturated rings.